The van der Waals surface area contributed by atoms with Crippen LogP contribution in [0.25, 0.3) is 0 Å². The molecule has 2 N–H and O–H groups in total. The highest BCUT2D eigenvalue weighted by Gasteiger charge is 2.22. The summed E-state index contributed by atoms with van der Waals surface area (Å²) in [6.45, 7) is 4.15. The van der Waals surface area contributed by atoms with Crippen molar-refractivity contribution in [2.75, 3.05) is 65.9 Å². The minimum atomic E-state index is -0.319. The molecule has 1 fully saturated rings. The van der Waals surface area contributed by atoms with Crippen molar-refractivity contribution in [3.63, 3.8) is 0 Å². The molecule has 1 aliphatic heterocycles. The van der Waals surface area contributed by atoms with E-state index >= 15 is 0 Å². The van der Waals surface area contributed by atoms with E-state index in [1.807, 2.05) is 21.7 Å². The maximum Gasteiger partial charge on any atom is 0.319 e. The van der Waals surface area contributed by atoms with Crippen molar-refractivity contribution in [3.05, 3.63) is 34.5 Å². The Bertz CT molecular complexity index is 857. The summed E-state index contributed by atoms with van der Waals surface area (Å²) in [5.41, 5.74) is 1.29. The van der Waals surface area contributed by atoms with E-state index in [-0.39, 0.29) is 11.9 Å². The number of hydrogen-bond acceptors (Lipinski definition) is 7. The average Bonchev–Trinajstić information content (AvgIpc) is 3.33. The van der Waals surface area contributed by atoms with Gasteiger partial charge >= 0.3 is 6.03 Å². The van der Waals surface area contributed by atoms with Gasteiger partial charge in [0.05, 0.1) is 32.6 Å². The fourth-order valence-electron chi connectivity index (χ4n) is 3.40. The molecule has 10 heteroatoms. The number of ether oxygens (including phenoxy) is 3. The maximum atomic E-state index is 12.4. The highest BCUT2D eigenvalue weighted by atomic mass is 32.1. The van der Waals surface area contributed by atoms with E-state index in [0.717, 1.165) is 18.7 Å². The van der Waals surface area contributed by atoms with E-state index in [1.165, 1.54) is 32.7 Å². The number of piperazine rings is 1. The Kier molecular flexibility index (Phi) is 7.96. The van der Waals surface area contributed by atoms with Gasteiger partial charge in [0.2, 0.25) is 5.75 Å². The van der Waals surface area contributed by atoms with Crippen molar-refractivity contribution in [2.24, 2.45) is 0 Å². The lowest BCUT2D eigenvalue weighted by atomic mass is 10.2. The van der Waals surface area contributed by atoms with Gasteiger partial charge in [-0.05, 0) is 11.4 Å². The second-order valence-corrected chi connectivity index (χ2v) is 7.72. The van der Waals surface area contributed by atoms with Gasteiger partial charge in [0.1, 0.15) is 0 Å². The Morgan fingerprint density at radius 2 is 1.71 bits per heavy atom. The van der Waals surface area contributed by atoms with Gasteiger partial charge in [0.15, 0.2) is 11.5 Å². The Labute approximate surface area is 185 Å². The number of carbonyl (C=O) groups is 2. The van der Waals surface area contributed by atoms with Gasteiger partial charge in [0, 0.05) is 56.8 Å². The Morgan fingerprint density at radius 3 is 2.26 bits per heavy atom. The van der Waals surface area contributed by atoms with Crippen LogP contribution in [0.3, 0.4) is 0 Å². The van der Waals surface area contributed by atoms with Crippen molar-refractivity contribution in [2.45, 2.75) is 0 Å². The zero-order valence-corrected chi connectivity index (χ0v) is 18.8. The zero-order chi connectivity index (χ0) is 22.2. The highest BCUT2D eigenvalue weighted by Crippen LogP contribution is 2.39. The lowest BCUT2D eigenvalue weighted by molar-refractivity contribution is 0.0640. The van der Waals surface area contributed by atoms with Crippen LogP contribution in [-0.2, 0) is 0 Å². The second-order valence-electron chi connectivity index (χ2n) is 6.94. The summed E-state index contributed by atoms with van der Waals surface area (Å²) in [6, 6.07) is 4.88. The smallest absolute Gasteiger partial charge is 0.319 e. The molecule has 1 aromatic carbocycles. The maximum absolute atomic E-state index is 12.4. The van der Waals surface area contributed by atoms with Gasteiger partial charge < -0.3 is 29.7 Å². The molecule has 0 bridgehead atoms. The monoisotopic (exact) mass is 448 g/mol. The number of urea groups is 1. The van der Waals surface area contributed by atoms with Crippen LogP contribution < -0.4 is 24.8 Å². The van der Waals surface area contributed by atoms with Crippen LogP contribution in [0.2, 0.25) is 0 Å². The lowest BCUT2D eigenvalue weighted by Crippen LogP contribution is -2.50. The van der Waals surface area contributed by atoms with Gasteiger partial charge in [-0.25, -0.2) is 4.79 Å². The summed E-state index contributed by atoms with van der Waals surface area (Å²) >= 11 is 1.53. The number of nitrogens with one attached hydrogen (secondary N) is 2. The molecule has 168 valence electrons. The number of anilines is 1. The van der Waals surface area contributed by atoms with E-state index in [4.69, 9.17) is 14.2 Å². The molecule has 0 radical (unpaired) electrons. The summed E-state index contributed by atoms with van der Waals surface area (Å²) in [5.74, 6) is 1.48. The van der Waals surface area contributed by atoms with E-state index in [0.29, 0.717) is 49.1 Å². The predicted octanol–water partition coefficient (Wildman–Crippen LogP) is 2.35. The van der Waals surface area contributed by atoms with Crippen molar-refractivity contribution in [3.8, 4) is 17.2 Å². The number of nitrogens with zero attached hydrogens (tertiary/aromatic N) is 2. The van der Waals surface area contributed by atoms with Crippen LogP contribution in [-0.4, -0.2) is 82.3 Å². The topological polar surface area (TPSA) is 92.4 Å². The van der Waals surface area contributed by atoms with Gasteiger partial charge in [-0.1, -0.05) is 0 Å². The summed E-state index contributed by atoms with van der Waals surface area (Å²) in [7, 11) is 4.57. The van der Waals surface area contributed by atoms with Crippen LogP contribution in [0.1, 0.15) is 10.4 Å². The summed E-state index contributed by atoms with van der Waals surface area (Å²) < 4.78 is 15.9. The zero-order valence-electron chi connectivity index (χ0n) is 18.0. The first-order valence-corrected chi connectivity index (χ1v) is 10.9. The van der Waals surface area contributed by atoms with Gasteiger partial charge in [-0.15, -0.1) is 0 Å². The van der Waals surface area contributed by atoms with Gasteiger partial charge in [-0.3, -0.25) is 9.69 Å². The normalized spacial score (nSPS) is 14.1. The van der Waals surface area contributed by atoms with Crippen molar-refractivity contribution in [1.82, 2.24) is 15.1 Å². The largest absolute Gasteiger partial charge is 0.493 e. The molecule has 3 amide bonds. The predicted molar refractivity (Wildman–Crippen MR) is 120 cm³/mol. The molecular weight excluding hydrogens is 420 g/mol. The molecule has 1 saturated heterocycles. The molecule has 0 saturated carbocycles. The standard InChI is InChI=1S/C21H28N4O5S/c1-28-17-12-16(13-18(29-2)19(17)30-3)23-21(27)22-5-6-24-7-9-25(10-8-24)20(26)15-4-11-31-14-15/h4,11-14H,5-10H2,1-3H3,(H2,22,23,27). The first kappa shape index (κ1) is 22.7. The van der Waals surface area contributed by atoms with Gasteiger partial charge in [0.25, 0.3) is 5.91 Å². The Balaban J connectivity index is 1.42. The summed E-state index contributed by atoms with van der Waals surface area (Å²) in [5, 5.41) is 9.43. The molecule has 2 heterocycles. The third kappa shape index (κ3) is 5.80. The summed E-state index contributed by atoms with van der Waals surface area (Å²) in [6.07, 6.45) is 0. The number of rotatable bonds is 8. The first-order valence-electron chi connectivity index (χ1n) is 9.94. The molecule has 1 aliphatic rings. The number of benzene rings is 1. The number of carbonyl (C=O) groups excluding carboxylic acids is 2. The molecule has 2 aromatic rings. The van der Waals surface area contributed by atoms with E-state index in [9.17, 15) is 9.59 Å². The van der Waals surface area contributed by atoms with Crippen LogP contribution >= 0.6 is 11.3 Å². The van der Waals surface area contributed by atoms with Crippen LogP contribution in [0.4, 0.5) is 10.5 Å². The third-order valence-corrected chi connectivity index (χ3v) is 5.75. The van der Waals surface area contributed by atoms with Gasteiger partial charge in [-0.2, -0.15) is 11.3 Å². The van der Waals surface area contributed by atoms with Crippen molar-refractivity contribution < 1.29 is 23.8 Å². The molecule has 1 aromatic heterocycles. The molecule has 0 unspecified atom stereocenters. The molecule has 9 nitrogen and oxygen atoms in total. The number of thiophene rings is 1. The minimum Gasteiger partial charge on any atom is -0.493 e. The molecular formula is C21H28N4O5S. The molecule has 0 aliphatic carbocycles. The van der Waals surface area contributed by atoms with Crippen LogP contribution in [0.15, 0.2) is 29.0 Å². The highest BCUT2D eigenvalue weighted by molar-refractivity contribution is 7.08. The molecule has 0 spiro atoms. The fraction of sp³-hybridized carbons (Fsp3) is 0.429. The molecule has 3 rings (SSSR count). The lowest BCUT2D eigenvalue weighted by Gasteiger charge is -2.34. The molecule has 31 heavy (non-hydrogen) atoms. The van der Waals surface area contributed by atoms with E-state index in [1.54, 1.807) is 12.1 Å². The third-order valence-electron chi connectivity index (χ3n) is 5.06. The van der Waals surface area contributed by atoms with Crippen LogP contribution in [0.5, 0.6) is 17.2 Å². The first-order chi connectivity index (χ1) is 15.0. The Hall–Kier alpha value is -2.98. The quantitative estimate of drug-likeness (QED) is 0.644. The number of hydrogen-bond donors (Lipinski definition) is 2. The second kappa shape index (κ2) is 10.9. The average molecular weight is 449 g/mol. The molecule has 0 atom stereocenters. The van der Waals surface area contributed by atoms with Crippen molar-refractivity contribution >= 4 is 29.0 Å². The van der Waals surface area contributed by atoms with Crippen molar-refractivity contribution in [1.29, 1.82) is 0 Å². The SMILES string of the molecule is COc1cc(NC(=O)NCCN2CCN(C(=O)c3ccsc3)CC2)cc(OC)c1OC. The van der Waals surface area contributed by atoms with Crippen LogP contribution in [0, 0.1) is 0 Å². The number of amides is 3. The Morgan fingerprint density at radius 1 is 1.03 bits per heavy atom. The van der Waals surface area contributed by atoms with E-state index < -0.39 is 0 Å². The minimum absolute atomic E-state index is 0.0868. The fourth-order valence-corrected chi connectivity index (χ4v) is 4.03. The van der Waals surface area contributed by atoms with E-state index in [2.05, 4.69) is 15.5 Å². The summed E-state index contributed by atoms with van der Waals surface area (Å²) in [4.78, 5) is 28.8. The number of methoxy groups -OCH3 is 3.